The Kier molecular flexibility index (Phi) is 8.38. The number of aliphatic imine (C=N–C) groups is 1. The minimum atomic E-state index is -2.79. The number of anilines is 1. The molecular weight excluding hydrogens is 604 g/mol. The Bertz CT molecular complexity index is 1740. The standard InChI is InChI=1S/C32H30ClF2N7O3/c33-24-4-2-1-3-23(24)29(30(44)39-21-9-12-32(34,35)13-10-21)41(22-6-5-20-18-38-40-25(20)16-22)31(45)26-7-8-28(43)42(26)27-15-19(17-36)11-14-37-27/h1-6,14-16,18-19,21,26,29H,7-13H2,(H,38,40)(H,39,44). The zero-order chi connectivity index (χ0) is 31.7. The Hall–Kier alpha value is -4.63. The van der Waals surface area contributed by atoms with Crippen LogP contribution in [0.4, 0.5) is 14.5 Å². The van der Waals surface area contributed by atoms with Gasteiger partial charge >= 0.3 is 0 Å². The summed E-state index contributed by atoms with van der Waals surface area (Å²) < 4.78 is 27.9. The van der Waals surface area contributed by atoms with Crippen LogP contribution in [0.1, 0.15) is 56.6 Å². The van der Waals surface area contributed by atoms with Crippen LogP contribution >= 0.6 is 11.6 Å². The zero-order valence-electron chi connectivity index (χ0n) is 24.1. The number of nitrogens with zero attached hydrogens (tertiary/aromatic N) is 5. The molecule has 1 aromatic heterocycles. The van der Waals surface area contributed by atoms with Gasteiger partial charge in [0.15, 0.2) is 0 Å². The average Bonchev–Trinajstić information content (AvgIpc) is 3.67. The first-order valence-corrected chi connectivity index (χ1v) is 15.2. The molecule has 3 atom stereocenters. The van der Waals surface area contributed by atoms with Gasteiger partial charge in [-0.25, -0.2) is 13.8 Å². The Labute approximate surface area is 262 Å². The Morgan fingerprint density at radius 1 is 1.18 bits per heavy atom. The number of amides is 3. The molecule has 3 amide bonds. The first kappa shape index (κ1) is 30.4. The summed E-state index contributed by atoms with van der Waals surface area (Å²) in [7, 11) is 0. The predicted molar refractivity (Wildman–Crippen MR) is 163 cm³/mol. The number of alkyl halides is 2. The molecule has 2 N–H and O–H groups in total. The number of carbonyl (C=O) groups is 3. The molecule has 1 saturated heterocycles. The third-order valence-electron chi connectivity index (χ3n) is 8.55. The van der Waals surface area contributed by atoms with Gasteiger partial charge in [-0.15, -0.1) is 0 Å². The van der Waals surface area contributed by atoms with Gasteiger partial charge in [-0.05, 0) is 49.6 Å². The maximum absolute atomic E-state index is 14.8. The fourth-order valence-corrected chi connectivity index (χ4v) is 6.43. The summed E-state index contributed by atoms with van der Waals surface area (Å²) in [4.78, 5) is 49.3. The van der Waals surface area contributed by atoms with Gasteiger partial charge in [-0.1, -0.05) is 29.8 Å². The number of aromatic amines is 1. The van der Waals surface area contributed by atoms with Crippen molar-refractivity contribution in [1.82, 2.24) is 20.4 Å². The summed E-state index contributed by atoms with van der Waals surface area (Å²) in [5, 5.41) is 20.4. The molecule has 3 aromatic rings. The van der Waals surface area contributed by atoms with Gasteiger partial charge in [0.05, 0.1) is 23.7 Å². The first-order valence-electron chi connectivity index (χ1n) is 14.8. The van der Waals surface area contributed by atoms with Crippen LogP contribution in [0.2, 0.25) is 5.02 Å². The van der Waals surface area contributed by atoms with E-state index in [9.17, 15) is 28.4 Å². The minimum absolute atomic E-state index is 0.0627. The van der Waals surface area contributed by atoms with Crippen molar-refractivity contribution in [2.45, 2.75) is 69.0 Å². The number of benzene rings is 2. The smallest absolute Gasteiger partial charge is 0.251 e. The van der Waals surface area contributed by atoms with E-state index in [1.807, 2.05) is 0 Å². The molecule has 3 unspecified atom stereocenters. The van der Waals surface area contributed by atoms with Gasteiger partial charge in [0, 0.05) is 59.6 Å². The normalized spacial score (nSPS) is 22.1. The first-order chi connectivity index (χ1) is 21.6. The number of likely N-dealkylation sites (tertiary alicyclic amines) is 1. The van der Waals surface area contributed by atoms with Crippen molar-refractivity contribution in [2.75, 3.05) is 4.90 Å². The van der Waals surface area contributed by atoms with E-state index in [2.05, 4.69) is 26.6 Å². The molecule has 1 aliphatic carbocycles. The van der Waals surface area contributed by atoms with E-state index < -0.39 is 41.8 Å². The molecule has 232 valence electrons. The number of allylic oxidation sites excluding steroid dienone is 1. The number of nitrogens with one attached hydrogen (secondary N) is 2. The molecule has 3 heterocycles. The summed E-state index contributed by atoms with van der Waals surface area (Å²) in [5.41, 5.74) is 1.27. The lowest BCUT2D eigenvalue weighted by molar-refractivity contribution is -0.133. The second-order valence-electron chi connectivity index (χ2n) is 11.5. The van der Waals surface area contributed by atoms with E-state index in [0.717, 1.165) is 5.39 Å². The second-order valence-corrected chi connectivity index (χ2v) is 11.9. The van der Waals surface area contributed by atoms with Crippen LogP contribution in [-0.4, -0.2) is 57.0 Å². The van der Waals surface area contributed by atoms with E-state index in [1.54, 1.807) is 61.0 Å². The largest absolute Gasteiger partial charge is 0.351 e. The third-order valence-corrected chi connectivity index (χ3v) is 8.90. The van der Waals surface area contributed by atoms with Crippen molar-refractivity contribution in [3.05, 3.63) is 71.1 Å². The van der Waals surface area contributed by atoms with Crippen molar-refractivity contribution < 1.29 is 23.2 Å². The van der Waals surface area contributed by atoms with Crippen molar-refractivity contribution in [3.63, 3.8) is 0 Å². The topological polar surface area (TPSA) is 135 Å². The summed E-state index contributed by atoms with van der Waals surface area (Å²) in [5.74, 6) is -4.58. The molecule has 45 heavy (non-hydrogen) atoms. The Morgan fingerprint density at radius 3 is 2.71 bits per heavy atom. The number of carbonyl (C=O) groups excluding carboxylic acids is 3. The fraction of sp³-hybridized carbons (Fsp3) is 0.375. The molecule has 1 saturated carbocycles. The van der Waals surface area contributed by atoms with Crippen LogP contribution in [0.3, 0.4) is 0 Å². The zero-order valence-corrected chi connectivity index (χ0v) is 24.9. The van der Waals surface area contributed by atoms with Gasteiger partial charge < -0.3 is 5.32 Å². The molecule has 0 spiro atoms. The van der Waals surface area contributed by atoms with Crippen LogP contribution in [-0.2, 0) is 14.4 Å². The number of fused-ring (bicyclic) bond motifs is 1. The van der Waals surface area contributed by atoms with Crippen LogP contribution < -0.4 is 10.2 Å². The van der Waals surface area contributed by atoms with Crippen molar-refractivity contribution in [2.24, 2.45) is 10.9 Å². The molecule has 3 aliphatic rings. The van der Waals surface area contributed by atoms with Gasteiger partial charge in [0.2, 0.25) is 17.7 Å². The SMILES string of the molecule is N#CC1C=C(N2C(=O)CCC2C(=O)N(c2ccc3cn[nH]c3c2)C(C(=O)NC2CCC(F)(F)CC2)c2ccccc2Cl)N=CC1. The van der Waals surface area contributed by atoms with Crippen molar-refractivity contribution >= 4 is 52.1 Å². The average molecular weight is 634 g/mol. The highest BCUT2D eigenvalue weighted by atomic mass is 35.5. The summed E-state index contributed by atoms with van der Waals surface area (Å²) >= 11 is 6.67. The van der Waals surface area contributed by atoms with Gasteiger partial charge in [0.25, 0.3) is 5.91 Å². The van der Waals surface area contributed by atoms with Crippen molar-refractivity contribution in [1.29, 1.82) is 5.26 Å². The van der Waals surface area contributed by atoms with Crippen LogP contribution in [0.5, 0.6) is 0 Å². The maximum atomic E-state index is 14.8. The number of hydrogen-bond donors (Lipinski definition) is 2. The summed E-state index contributed by atoms with van der Waals surface area (Å²) in [6, 6.07) is 11.0. The summed E-state index contributed by atoms with van der Waals surface area (Å²) in [6.07, 6.45) is 4.80. The lowest BCUT2D eigenvalue weighted by atomic mass is 9.91. The summed E-state index contributed by atoms with van der Waals surface area (Å²) in [6.45, 7) is 0. The molecule has 6 rings (SSSR count). The quantitative estimate of drug-likeness (QED) is 0.358. The van der Waals surface area contributed by atoms with E-state index in [-0.39, 0.29) is 55.3 Å². The van der Waals surface area contributed by atoms with E-state index >= 15 is 0 Å². The lowest BCUT2D eigenvalue weighted by Gasteiger charge is -2.37. The number of H-pyrrole nitrogens is 1. The lowest BCUT2D eigenvalue weighted by Crippen LogP contribution is -2.53. The molecule has 13 heteroatoms. The van der Waals surface area contributed by atoms with E-state index in [1.165, 1.54) is 9.80 Å². The monoisotopic (exact) mass is 633 g/mol. The predicted octanol–water partition coefficient (Wildman–Crippen LogP) is 5.43. The van der Waals surface area contributed by atoms with Crippen LogP contribution in [0, 0.1) is 17.2 Å². The molecule has 10 nitrogen and oxygen atoms in total. The molecule has 2 fully saturated rings. The molecule has 2 aromatic carbocycles. The van der Waals surface area contributed by atoms with Gasteiger partial charge in [0.1, 0.15) is 17.9 Å². The fourth-order valence-electron chi connectivity index (χ4n) is 6.19. The minimum Gasteiger partial charge on any atom is -0.351 e. The van der Waals surface area contributed by atoms with E-state index in [0.29, 0.717) is 23.2 Å². The molecule has 0 bridgehead atoms. The van der Waals surface area contributed by atoms with Gasteiger partial charge in [-0.3, -0.25) is 29.3 Å². The number of aromatic nitrogens is 2. The number of hydrogen-bond acceptors (Lipinski definition) is 6. The van der Waals surface area contributed by atoms with Crippen LogP contribution in [0.15, 0.2) is 65.6 Å². The Morgan fingerprint density at radius 2 is 1.96 bits per heavy atom. The highest BCUT2D eigenvalue weighted by Gasteiger charge is 2.45. The number of halogens is 3. The number of rotatable bonds is 7. The van der Waals surface area contributed by atoms with Gasteiger partial charge in [-0.2, -0.15) is 10.4 Å². The molecule has 0 radical (unpaired) electrons. The molecule has 2 aliphatic heterocycles. The van der Waals surface area contributed by atoms with E-state index in [4.69, 9.17) is 11.6 Å². The van der Waals surface area contributed by atoms with Crippen LogP contribution in [0.25, 0.3) is 10.9 Å². The number of nitriles is 1. The maximum Gasteiger partial charge on any atom is 0.251 e. The Balaban J connectivity index is 1.44. The highest BCUT2D eigenvalue weighted by molar-refractivity contribution is 6.31. The third kappa shape index (κ3) is 6.17. The van der Waals surface area contributed by atoms with Crippen molar-refractivity contribution in [3.8, 4) is 6.07 Å². The molecular formula is C32H30ClF2N7O3. The second kappa shape index (κ2) is 12.4. The highest BCUT2D eigenvalue weighted by Crippen LogP contribution is 2.38.